The maximum absolute atomic E-state index is 11.2. The SMILES string of the molecule is O=S(=O)(O)c1ccccc1-c1cc[c]cc1. The van der Waals surface area contributed by atoms with Crippen molar-refractivity contribution in [2.24, 2.45) is 0 Å². The second-order valence-electron chi connectivity index (χ2n) is 3.26. The molecule has 0 saturated heterocycles. The minimum absolute atomic E-state index is 0.0822. The van der Waals surface area contributed by atoms with Crippen molar-refractivity contribution in [3.63, 3.8) is 0 Å². The lowest BCUT2D eigenvalue weighted by Crippen LogP contribution is -2.00. The Bertz CT molecular complexity index is 589. The first-order chi connectivity index (χ1) is 7.59. The Morgan fingerprint density at radius 2 is 1.62 bits per heavy atom. The Hall–Kier alpha value is -1.65. The van der Waals surface area contributed by atoms with Crippen LogP contribution in [0.25, 0.3) is 11.1 Å². The zero-order valence-corrected chi connectivity index (χ0v) is 9.11. The number of rotatable bonds is 2. The highest BCUT2D eigenvalue weighted by molar-refractivity contribution is 7.86. The third kappa shape index (κ3) is 2.13. The maximum Gasteiger partial charge on any atom is 0.295 e. The fourth-order valence-electron chi connectivity index (χ4n) is 1.50. The fraction of sp³-hybridized carbons (Fsp3) is 0. The first-order valence-corrected chi connectivity index (χ1v) is 6.06. The van der Waals surface area contributed by atoms with E-state index in [0.29, 0.717) is 5.56 Å². The van der Waals surface area contributed by atoms with Crippen molar-refractivity contribution in [3.05, 3.63) is 54.6 Å². The quantitative estimate of drug-likeness (QED) is 0.810. The molecule has 0 amide bonds. The topological polar surface area (TPSA) is 54.4 Å². The number of hydrogen-bond donors (Lipinski definition) is 1. The summed E-state index contributed by atoms with van der Waals surface area (Å²) < 4.78 is 31.4. The van der Waals surface area contributed by atoms with E-state index in [9.17, 15) is 8.42 Å². The molecule has 1 radical (unpaired) electrons. The van der Waals surface area contributed by atoms with E-state index >= 15 is 0 Å². The van der Waals surface area contributed by atoms with Gasteiger partial charge >= 0.3 is 0 Å². The van der Waals surface area contributed by atoms with E-state index in [1.165, 1.54) is 6.07 Å². The molecule has 1 N–H and O–H groups in total. The molecule has 0 aliphatic rings. The van der Waals surface area contributed by atoms with Gasteiger partial charge in [-0.25, -0.2) is 0 Å². The van der Waals surface area contributed by atoms with Gasteiger partial charge < -0.3 is 0 Å². The van der Waals surface area contributed by atoms with Gasteiger partial charge in [0.2, 0.25) is 0 Å². The standard InChI is InChI=1S/C12H9O3S/c13-16(14,15)12-9-5-4-8-11(12)10-6-2-1-3-7-10/h2-9H,(H,13,14,15). The average molecular weight is 233 g/mol. The maximum atomic E-state index is 11.2. The molecule has 0 fully saturated rings. The van der Waals surface area contributed by atoms with Crippen molar-refractivity contribution in [2.75, 3.05) is 0 Å². The monoisotopic (exact) mass is 233 g/mol. The molecule has 2 aromatic rings. The molecule has 0 aromatic heterocycles. The van der Waals surface area contributed by atoms with Crippen molar-refractivity contribution < 1.29 is 13.0 Å². The van der Waals surface area contributed by atoms with Gasteiger partial charge in [0.25, 0.3) is 10.1 Å². The van der Waals surface area contributed by atoms with Gasteiger partial charge in [0, 0.05) is 5.56 Å². The van der Waals surface area contributed by atoms with Crippen LogP contribution in [-0.2, 0) is 10.1 Å². The van der Waals surface area contributed by atoms with Gasteiger partial charge in [0.05, 0.1) is 0 Å². The Kier molecular flexibility index (Phi) is 2.77. The lowest BCUT2D eigenvalue weighted by molar-refractivity contribution is 0.483. The van der Waals surface area contributed by atoms with E-state index in [-0.39, 0.29) is 4.90 Å². The Labute approximate surface area is 94.1 Å². The van der Waals surface area contributed by atoms with Crippen LogP contribution in [0.5, 0.6) is 0 Å². The molecule has 4 heteroatoms. The van der Waals surface area contributed by atoms with Gasteiger partial charge in [-0.1, -0.05) is 42.5 Å². The summed E-state index contributed by atoms with van der Waals surface area (Å²) >= 11 is 0. The molecule has 0 bridgehead atoms. The molecule has 0 heterocycles. The van der Waals surface area contributed by atoms with Crippen molar-refractivity contribution in [3.8, 4) is 11.1 Å². The van der Waals surface area contributed by atoms with Crippen LogP contribution in [0.1, 0.15) is 0 Å². The third-order valence-electron chi connectivity index (χ3n) is 2.19. The summed E-state index contributed by atoms with van der Waals surface area (Å²) in [5, 5.41) is 0. The summed E-state index contributed by atoms with van der Waals surface area (Å²) in [6.45, 7) is 0. The lowest BCUT2D eigenvalue weighted by Gasteiger charge is -2.06. The van der Waals surface area contributed by atoms with Crippen LogP contribution in [0, 0.1) is 6.07 Å². The van der Waals surface area contributed by atoms with E-state index in [2.05, 4.69) is 6.07 Å². The van der Waals surface area contributed by atoms with Gasteiger partial charge in [-0.05, 0) is 17.7 Å². The molecule has 0 aliphatic carbocycles. The summed E-state index contributed by atoms with van der Waals surface area (Å²) in [7, 11) is -4.19. The minimum atomic E-state index is -4.19. The highest BCUT2D eigenvalue weighted by atomic mass is 32.2. The van der Waals surface area contributed by atoms with Gasteiger partial charge in [-0.2, -0.15) is 8.42 Å². The van der Waals surface area contributed by atoms with E-state index in [1.807, 2.05) is 0 Å². The molecule has 2 rings (SSSR count). The molecule has 0 atom stereocenters. The van der Waals surface area contributed by atoms with Crippen LogP contribution < -0.4 is 0 Å². The summed E-state index contributed by atoms with van der Waals surface area (Å²) in [6, 6.07) is 16.0. The Morgan fingerprint density at radius 3 is 2.25 bits per heavy atom. The fourth-order valence-corrected chi connectivity index (χ4v) is 2.21. The predicted octanol–water partition coefficient (Wildman–Crippen LogP) is 2.40. The number of benzene rings is 2. The van der Waals surface area contributed by atoms with Crippen LogP contribution in [0.3, 0.4) is 0 Å². The second-order valence-corrected chi connectivity index (χ2v) is 4.65. The van der Waals surface area contributed by atoms with Crippen LogP contribution in [0.2, 0.25) is 0 Å². The Morgan fingerprint density at radius 1 is 1.00 bits per heavy atom. The van der Waals surface area contributed by atoms with E-state index in [0.717, 1.165) is 5.56 Å². The molecule has 0 saturated carbocycles. The summed E-state index contributed by atoms with van der Waals surface area (Å²) in [5.41, 5.74) is 1.21. The lowest BCUT2D eigenvalue weighted by atomic mass is 10.1. The average Bonchev–Trinajstić information content (AvgIpc) is 2.29. The van der Waals surface area contributed by atoms with E-state index in [4.69, 9.17) is 4.55 Å². The minimum Gasteiger partial charge on any atom is -0.282 e. The molecule has 0 aliphatic heterocycles. The van der Waals surface area contributed by atoms with Gasteiger partial charge in [-0.15, -0.1) is 0 Å². The second kappa shape index (κ2) is 4.08. The smallest absolute Gasteiger partial charge is 0.282 e. The summed E-state index contributed by atoms with van der Waals surface area (Å²) in [6.07, 6.45) is 0. The molecular weight excluding hydrogens is 224 g/mol. The van der Waals surface area contributed by atoms with Crippen molar-refractivity contribution in [1.82, 2.24) is 0 Å². The van der Waals surface area contributed by atoms with Crippen molar-refractivity contribution >= 4 is 10.1 Å². The molecule has 16 heavy (non-hydrogen) atoms. The van der Waals surface area contributed by atoms with Crippen molar-refractivity contribution in [2.45, 2.75) is 4.90 Å². The first-order valence-electron chi connectivity index (χ1n) is 4.62. The van der Waals surface area contributed by atoms with Crippen LogP contribution >= 0.6 is 0 Å². The Balaban J connectivity index is 2.68. The van der Waals surface area contributed by atoms with E-state index in [1.54, 1.807) is 42.5 Å². The van der Waals surface area contributed by atoms with Crippen LogP contribution in [0.4, 0.5) is 0 Å². The first kappa shape index (κ1) is 10.9. The molecule has 0 spiro atoms. The third-order valence-corrected chi connectivity index (χ3v) is 3.11. The van der Waals surface area contributed by atoms with E-state index < -0.39 is 10.1 Å². The highest BCUT2D eigenvalue weighted by Gasteiger charge is 2.15. The largest absolute Gasteiger partial charge is 0.295 e. The molecule has 2 aromatic carbocycles. The molecule has 81 valence electrons. The molecular formula is C12H9O3S. The molecule has 0 unspecified atom stereocenters. The van der Waals surface area contributed by atoms with Gasteiger partial charge in [0.1, 0.15) is 4.90 Å². The van der Waals surface area contributed by atoms with Crippen molar-refractivity contribution in [1.29, 1.82) is 0 Å². The number of hydrogen-bond acceptors (Lipinski definition) is 2. The van der Waals surface area contributed by atoms with Gasteiger partial charge in [-0.3, -0.25) is 4.55 Å². The molecule has 3 nitrogen and oxygen atoms in total. The highest BCUT2D eigenvalue weighted by Crippen LogP contribution is 2.26. The van der Waals surface area contributed by atoms with Crippen LogP contribution in [0.15, 0.2) is 53.4 Å². The summed E-state index contributed by atoms with van der Waals surface area (Å²) in [4.78, 5) is -0.0822. The van der Waals surface area contributed by atoms with Gasteiger partial charge in [0.15, 0.2) is 0 Å². The predicted molar refractivity (Wildman–Crippen MR) is 60.5 cm³/mol. The summed E-state index contributed by atoms with van der Waals surface area (Å²) in [5.74, 6) is 0. The van der Waals surface area contributed by atoms with Crippen LogP contribution in [-0.4, -0.2) is 13.0 Å². The zero-order valence-electron chi connectivity index (χ0n) is 8.29. The zero-order chi connectivity index (χ0) is 11.6. The normalized spacial score (nSPS) is 11.3.